The van der Waals surface area contributed by atoms with E-state index < -0.39 is 0 Å². The fraction of sp³-hybridized carbons (Fsp3) is 0.667. The molecule has 108 valence electrons. The van der Waals surface area contributed by atoms with Crippen LogP contribution in [0.15, 0.2) is 24.3 Å². The van der Waals surface area contributed by atoms with Crippen LogP contribution < -0.4 is 10.2 Å². The van der Waals surface area contributed by atoms with E-state index in [1.807, 2.05) is 0 Å². The number of fused-ring (bicyclic) bond motifs is 1. The molecule has 2 nitrogen and oxygen atoms in total. The Labute approximate surface area is 122 Å². The molecule has 3 fully saturated rings. The molecule has 0 amide bonds. The maximum Gasteiger partial charge on any atom is 0.0369 e. The van der Waals surface area contributed by atoms with E-state index >= 15 is 0 Å². The number of rotatable bonds is 4. The predicted molar refractivity (Wildman–Crippen MR) is 84.0 cm³/mol. The molecule has 2 aliphatic carbocycles. The number of nitrogens with one attached hydrogen (secondary N) is 1. The van der Waals surface area contributed by atoms with Gasteiger partial charge in [-0.25, -0.2) is 0 Å². The van der Waals surface area contributed by atoms with E-state index in [0.717, 1.165) is 24.5 Å². The zero-order valence-electron chi connectivity index (χ0n) is 12.4. The van der Waals surface area contributed by atoms with Crippen molar-refractivity contribution >= 4 is 5.69 Å². The van der Waals surface area contributed by atoms with Crippen molar-refractivity contribution in [2.24, 2.45) is 5.92 Å². The van der Waals surface area contributed by atoms with Gasteiger partial charge in [0.25, 0.3) is 0 Å². The van der Waals surface area contributed by atoms with Gasteiger partial charge in [0.1, 0.15) is 0 Å². The fourth-order valence-corrected chi connectivity index (χ4v) is 4.08. The highest BCUT2D eigenvalue weighted by molar-refractivity contribution is 5.50. The molecule has 1 aliphatic heterocycles. The van der Waals surface area contributed by atoms with Gasteiger partial charge in [-0.3, -0.25) is 0 Å². The van der Waals surface area contributed by atoms with Crippen LogP contribution in [0, 0.1) is 5.92 Å². The maximum absolute atomic E-state index is 3.59. The Hall–Kier alpha value is -1.02. The molecule has 0 aromatic heterocycles. The Bertz CT molecular complexity index is 449. The summed E-state index contributed by atoms with van der Waals surface area (Å²) in [4.78, 5) is 2.68. The molecule has 2 atom stereocenters. The van der Waals surface area contributed by atoms with Crippen molar-refractivity contribution in [1.29, 1.82) is 0 Å². The summed E-state index contributed by atoms with van der Waals surface area (Å²) >= 11 is 0. The predicted octanol–water partition coefficient (Wildman–Crippen LogP) is 3.71. The lowest BCUT2D eigenvalue weighted by molar-refractivity contribution is 0.342. The van der Waals surface area contributed by atoms with Crippen LogP contribution in [-0.4, -0.2) is 18.6 Å². The molecule has 2 saturated carbocycles. The summed E-state index contributed by atoms with van der Waals surface area (Å²) in [7, 11) is 0. The normalized spacial score (nSPS) is 29.5. The summed E-state index contributed by atoms with van der Waals surface area (Å²) < 4.78 is 0. The Morgan fingerprint density at radius 1 is 0.950 bits per heavy atom. The van der Waals surface area contributed by atoms with Gasteiger partial charge in [-0.15, -0.1) is 0 Å². The van der Waals surface area contributed by atoms with Crippen molar-refractivity contribution in [1.82, 2.24) is 5.32 Å². The molecule has 1 aromatic rings. The van der Waals surface area contributed by atoms with Crippen molar-refractivity contribution in [3.05, 3.63) is 29.8 Å². The molecule has 1 heterocycles. The molecule has 2 heteroatoms. The first kappa shape index (κ1) is 12.7. The summed E-state index contributed by atoms with van der Waals surface area (Å²) in [5.74, 6) is 0.972. The lowest BCUT2D eigenvalue weighted by Gasteiger charge is -2.33. The molecular weight excluding hydrogens is 244 g/mol. The number of hydrogen-bond acceptors (Lipinski definition) is 2. The van der Waals surface area contributed by atoms with Gasteiger partial charge in [-0.05, 0) is 55.7 Å². The van der Waals surface area contributed by atoms with E-state index in [4.69, 9.17) is 0 Å². The van der Waals surface area contributed by atoms with Gasteiger partial charge in [0.05, 0.1) is 0 Å². The molecule has 4 rings (SSSR count). The number of anilines is 1. The average molecular weight is 270 g/mol. The van der Waals surface area contributed by atoms with Gasteiger partial charge in [-0.1, -0.05) is 25.0 Å². The van der Waals surface area contributed by atoms with Crippen LogP contribution in [-0.2, 0) is 6.54 Å². The smallest absolute Gasteiger partial charge is 0.0369 e. The largest absolute Gasteiger partial charge is 0.368 e. The molecule has 1 aromatic carbocycles. The minimum atomic E-state index is 0.802. The molecule has 3 aliphatic rings. The topological polar surface area (TPSA) is 15.3 Å². The molecule has 2 unspecified atom stereocenters. The maximum atomic E-state index is 3.59. The van der Waals surface area contributed by atoms with Crippen LogP contribution in [0.3, 0.4) is 0 Å². The number of nitrogens with zero attached hydrogens (tertiary/aromatic N) is 1. The Morgan fingerprint density at radius 3 is 2.55 bits per heavy atom. The summed E-state index contributed by atoms with van der Waals surface area (Å²) in [6.45, 7) is 2.31. The third kappa shape index (κ3) is 2.58. The van der Waals surface area contributed by atoms with Gasteiger partial charge >= 0.3 is 0 Å². The van der Waals surface area contributed by atoms with Crippen molar-refractivity contribution in [2.45, 2.75) is 63.6 Å². The summed E-state index contributed by atoms with van der Waals surface area (Å²) in [6, 6.07) is 11.0. The van der Waals surface area contributed by atoms with E-state index in [2.05, 4.69) is 34.5 Å². The van der Waals surface area contributed by atoms with Gasteiger partial charge in [0.2, 0.25) is 0 Å². The summed E-state index contributed by atoms with van der Waals surface area (Å²) in [5.41, 5.74) is 2.88. The number of benzene rings is 1. The minimum absolute atomic E-state index is 0.802. The molecule has 0 radical (unpaired) electrons. The monoisotopic (exact) mass is 270 g/mol. The van der Waals surface area contributed by atoms with E-state index in [0.29, 0.717) is 0 Å². The first-order chi connectivity index (χ1) is 9.90. The van der Waals surface area contributed by atoms with Crippen molar-refractivity contribution < 1.29 is 0 Å². The highest BCUT2D eigenvalue weighted by Crippen LogP contribution is 2.38. The third-order valence-corrected chi connectivity index (χ3v) is 5.45. The first-order valence-corrected chi connectivity index (χ1v) is 8.49. The zero-order valence-corrected chi connectivity index (χ0v) is 12.4. The van der Waals surface area contributed by atoms with Gasteiger partial charge in [-0.2, -0.15) is 0 Å². The number of hydrogen-bond donors (Lipinski definition) is 1. The SMILES string of the molecule is c1cc(N2CCC3CCCCC32)ccc1CNC1CC1. The molecular formula is C18H26N2. The summed E-state index contributed by atoms with van der Waals surface area (Å²) in [6.07, 6.45) is 9.92. The lowest BCUT2D eigenvalue weighted by atomic mass is 9.85. The average Bonchev–Trinajstić information content (AvgIpc) is 3.23. The molecule has 20 heavy (non-hydrogen) atoms. The van der Waals surface area contributed by atoms with Gasteiger partial charge in [0.15, 0.2) is 0 Å². The van der Waals surface area contributed by atoms with E-state index in [1.165, 1.54) is 62.7 Å². The van der Waals surface area contributed by atoms with E-state index in [1.54, 1.807) is 0 Å². The first-order valence-electron chi connectivity index (χ1n) is 8.49. The minimum Gasteiger partial charge on any atom is -0.368 e. The summed E-state index contributed by atoms with van der Waals surface area (Å²) in [5, 5.41) is 3.59. The molecule has 1 N–H and O–H groups in total. The molecule has 0 spiro atoms. The molecule has 1 saturated heterocycles. The van der Waals surface area contributed by atoms with Crippen LogP contribution in [0.1, 0.15) is 50.5 Å². The Morgan fingerprint density at radius 2 is 1.75 bits per heavy atom. The second-order valence-electron chi connectivity index (χ2n) is 6.92. The standard InChI is InChI=1S/C18H26N2/c1-2-4-18-15(3-1)11-12-20(18)17-9-5-14(6-10-17)13-19-16-7-8-16/h5-6,9-10,15-16,18-19H,1-4,7-8,11-13H2. The third-order valence-electron chi connectivity index (χ3n) is 5.45. The van der Waals surface area contributed by atoms with Crippen molar-refractivity contribution in [2.75, 3.05) is 11.4 Å². The zero-order chi connectivity index (χ0) is 13.4. The van der Waals surface area contributed by atoms with Crippen LogP contribution in [0.25, 0.3) is 0 Å². The fourth-order valence-electron chi connectivity index (χ4n) is 4.08. The Kier molecular flexibility index (Phi) is 3.43. The quantitative estimate of drug-likeness (QED) is 0.897. The van der Waals surface area contributed by atoms with Crippen LogP contribution in [0.4, 0.5) is 5.69 Å². The van der Waals surface area contributed by atoms with Crippen LogP contribution in [0.5, 0.6) is 0 Å². The second-order valence-corrected chi connectivity index (χ2v) is 6.92. The van der Waals surface area contributed by atoms with Crippen LogP contribution >= 0.6 is 0 Å². The lowest BCUT2D eigenvalue weighted by Crippen LogP contribution is -2.34. The van der Waals surface area contributed by atoms with E-state index in [-0.39, 0.29) is 0 Å². The molecule has 0 bridgehead atoms. The van der Waals surface area contributed by atoms with Crippen molar-refractivity contribution in [3.8, 4) is 0 Å². The van der Waals surface area contributed by atoms with Gasteiger partial charge in [0, 0.05) is 30.9 Å². The van der Waals surface area contributed by atoms with Crippen LogP contribution in [0.2, 0.25) is 0 Å². The van der Waals surface area contributed by atoms with Gasteiger partial charge < -0.3 is 10.2 Å². The highest BCUT2D eigenvalue weighted by atomic mass is 15.2. The highest BCUT2D eigenvalue weighted by Gasteiger charge is 2.35. The van der Waals surface area contributed by atoms with Crippen molar-refractivity contribution in [3.63, 3.8) is 0 Å². The van der Waals surface area contributed by atoms with E-state index in [9.17, 15) is 0 Å². The Balaban J connectivity index is 1.42. The second kappa shape index (κ2) is 5.40.